The Bertz CT molecular complexity index is 962. The third-order valence-corrected chi connectivity index (χ3v) is 5.76. The fourth-order valence-corrected chi connectivity index (χ4v) is 3.95. The number of carbonyl (C=O) groups excluding carboxylic acids is 1. The van der Waals surface area contributed by atoms with E-state index in [-0.39, 0.29) is 23.9 Å². The van der Waals surface area contributed by atoms with Crippen LogP contribution in [0.4, 0.5) is 9.52 Å². The fraction of sp³-hybridized carbons (Fsp3) is 0.333. The van der Waals surface area contributed by atoms with Crippen LogP contribution in [-0.4, -0.2) is 49.1 Å². The van der Waals surface area contributed by atoms with Crippen LogP contribution in [0.25, 0.3) is 10.2 Å². The van der Waals surface area contributed by atoms with E-state index in [1.807, 2.05) is 18.2 Å². The van der Waals surface area contributed by atoms with Crippen LogP contribution >= 0.6 is 23.7 Å². The molecule has 3 rings (SSSR count). The molecule has 0 spiro atoms. The van der Waals surface area contributed by atoms with Crippen LogP contribution in [0, 0.1) is 5.82 Å². The monoisotopic (exact) mass is 437 g/mol. The van der Waals surface area contributed by atoms with E-state index in [0.29, 0.717) is 24.0 Å². The molecule has 0 aliphatic carbocycles. The summed E-state index contributed by atoms with van der Waals surface area (Å²) in [4.78, 5) is 21.6. The molecule has 1 heterocycles. The van der Waals surface area contributed by atoms with E-state index in [9.17, 15) is 9.18 Å². The summed E-state index contributed by atoms with van der Waals surface area (Å²) in [6.07, 6.45) is 0. The second-order valence-electron chi connectivity index (χ2n) is 6.29. The highest BCUT2D eigenvalue weighted by Crippen LogP contribution is 2.32. The maximum absolute atomic E-state index is 14.3. The summed E-state index contributed by atoms with van der Waals surface area (Å²) in [6.45, 7) is 7.05. The van der Waals surface area contributed by atoms with Crippen LogP contribution in [0.15, 0.2) is 42.5 Å². The number of anilines is 1. The molecule has 3 aromatic rings. The van der Waals surface area contributed by atoms with Crippen LogP contribution in [-0.2, 0) is 0 Å². The van der Waals surface area contributed by atoms with Gasteiger partial charge in [-0.1, -0.05) is 37.3 Å². The number of halogens is 2. The molecule has 0 saturated carbocycles. The van der Waals surface area contributed by atoms with E-state index in [1.54, 1.807) is 24.1 Å². The van der Waals surface area contributed by atoms with Crippen molar-refractivity contribution in [1.82, 2.24) is 9.88 Å². The van der Waals surface area contributed by atoms with Gasteiger partial charge in [-0.3, -0.25) is 9.69 Å². The number of rotatable bonds is 8. The Kier molecular flexibility index (Phi) is 8.37. The molecule has 0 aliphatic rings. The van der Waals surface area contributed by atoms with E-state index in [4.69, 9.17) is 4.74 Å². The molecule has 29 heavy (non-hydrogen) atoms. The van der Waals surface area contributed by atoms with Gasteiger partial charge in [0.2, 0.25) is 0 Å². The van der Waals surface area contributed by atoms with E-state index in [0.717, 1.165) is 23.3 Å². The Hall–Kier alpha value is -2.22. The Morgan fingerprint density at radius 2 is 1.86 bits per heavy atom. The first-order valence-corrected chi connectivity index (χ1v) is 10.1. The van der Waals surface area contributed by atoms with Gasteiger partial charge < -0.3 is 9.64 Å². The second kappa shape index (κ2) is 10.5. The lowest BCUT2D eigenvalue weighted by Crippen LogP contribution is -2.39. The molecule has 0 unspecified atom stereocenters. The maximum Gasteiger partial charge on any atom is 0.263 e. The number of hydrogen-bond acceptors (Lipinski definition) is 5. The molecular weight excluding hydrogens is 413 g/mol. The van der Waals surface area contributed by atoms with Crippen LogP contribution in [0.2, 0.25) is 0 Å². The number of aromatic nitrogens is 1. The first kappa shape index (κ1) is 23.1. The Morgan fingerprint density at radius 1 is 1.14 bits per heavy atom. The zero-order valence-corrected chi connectivity index (χ0v) is 18.4. The predicted octanol–water partition coefficient (Wildman–Crippen LogP) is 4.85. The third-order valence-electron chi connectivity index (χ3n) is 4.70. The molecule has 2 aromatic carbocycles. The summed E-state index contributed by atoms with van der Waals surface area (Å²) in [7, 11) is 1.60. The van der Waals surface area contributed by atoms with Gasteiger partial charge >= 0.3 is 0 Å². The van der Waals surface area contributed by atoms with Gasteiger partial charge in [-0.2, -0.15) is 0 Å². The lowest BCUT2D eigenvalue weighted by molar-refractivity contribution is 0.0980. The topological polar surface area (TPSA) is 45.7 Å². The summed E-state index contributed by atoms with van der Waals surface area (Å²) < 4.78 is 20.5. The van der Waals surface area contributed by atoms with Crippen LogP contribution in [0.1, 0.15) is 24.2 Å². The van der Waals surface area contributed by atoms with Gasteiger partial charge in [-0.15, -0.1) is 12.4 Å². The van der Waals surface area contributed by atoms with Crippen molar-refractivity contribution < 1.29 is 13.9 Å². The van der Waals surface area contributed by atoms with Crippen molar-refractivity contribution in [2.75, 3.05) is 38.2 Å². The quantitative estimate of drug-likeness (QED) is 0.505. The third kappa shape index (κ3) is 5.23. The molecule has 8 heteroatoms. The van der Waals surface area contributed by atoms with Crippen molar-refractivity contribution >= 4 is 45.0 Å². The zero-order valence-electron chi connectivity index (χ0n) is 16.7. The predicted molar refractivity (Wildman–Crippen MR) is 119 cm³/mol. The van der Waals surface area contributed by atoms with Gasteiger partial charge in [0.1, 0.15) is 11.6 Å². The minimum absolute atomic E-state index is 0. The normalized spacial score (nSPS) is 10.8. The van der Waals surface area contributed by atoms with E-state index < -0.39 is 5.82 Å². The summed E-state index contributed by atoms with van der Waals surface area (Å²) in [5, 5.41) is 0.559. The molecule has 0 bridgehead atoms. The van der Waals surface area contributed by atoms with E-state index in [2.05, 4.69) is 23.7 Å². The molecule has 1 amide bonds. The van der Waals surface area contributed by atoms with Crippen LogP contribution in [0.5, 0.6) is 5.75 Å². The largest absolute Gasteiger partial charge is 0.497 e. The molecule has 0 fully saturated rings. The Morgan fingerprint density at radius 3 is 2.52 bits per heavy atom. The van der Waals surface area contributed by atoms with Crippen molar-refractivity contribution in [3.8, 4) is 5.75 Å². The number of hydrogen-bond donors (Lipinski definition) is 0. The fourth-order valence-electron chi connectivity index (χ4n) is 2.98. The Balaban J connectivity index is 0.00000300. The molecule has 156 valence electrons. The molecule has 0 N–H and O–H groups in total. The smallest absolute Gasteiger partial charge is 0.263 e. The lowest BCUT2D eigenvalue weighted by Gasteiger charge is -2.24. The number of nitrogens with zero attached hydrogens (tertiary/aromatic N) is 3. The minimum atomic E-state index is -0.525. The molecule has 0 saturated heterocycles. The minimum Gasteiger partial charge on any atom is -0.497 e. The van der Waals surface area contributed by atoms with Gasteiger partial charge in [0.15, 0.2) is 5.13 Å². The summed E-state index contributed by atoms with van der Waals surface area (Å²) >= 11 is 1.42. The highest BCUT2D eigenvalue weighted by molar-refractivity contribution is 7.22. The number of amides is 1. The first-order chi connectivity index (χ1) is 13.6. The summed E-state index contributed by atoms with van der Waals surface area (Å²) in [5.41, 5.74) is 0.812. The average molecular weight is 438 g/mol. The van der Waals surface area contributed by atoms with Crippen molar-refractivity contribution in [2.24, 2.45) is 0 Å². The van der Waals surface area contributed by atoms with Gasteiger partial charge in [-0.05, 0) is 37.4 Å². The number of methoxy groups -OCH3 is 1. The van der Waals surface area contributed by atoms with Crippen LogP contribution in [0.3, 0.4) is 0 Å². The second-order valence-corrected chi connectivity index (χ2v) is 7.30. The highest BCUT2D eigenvalue weighted by atomic mass is 35.5. The van der Waals surface area contributed by atoms with Crippen LogP contribution < -0.4 is 9.64 Å². The lowest BCUT2D eigenvalue weighted by atomic mass is 10.2. The van der Waals surface area contributed by atoms with Crippen molar-refractivity contribution in [3.05, 3.63) is 53.8 Å². The number of benzene rings is 2. The first-order valence-electron chi connectivity index (χ1n) is 9.30. The van der Waals surface area contributed by atoms with E-state index in [1.165, 1.54) is 23.5 Å². The van der Waals surface area contributed by atoms with Crippen molar-refractivity contribution in [1.29, 1.82) is 0 Å². The standard InChI is InChI=1S/C21H24FN3O2S.ClH/c1-4-24(5-2)12-13-25(20(26)16-8-6-7-9-17(16)22)21-23-18-14-15(27-3)10-11-19(18)28-21;/h6-11,14H,4-5,12-13H2,1-3H3;1H. The van der Waals surface area contributed by atoms with Gasteiger partial charge in [0.05, 0.1) is 22.9 Å². The number of likely N-dealkylation sites (N-methyl/N-ethyl adjacent to an activating group) is 1. The van der Waals surface area contributed by atoms with E-state index >= 15 is 0 Å². The molecule has 5 nitrogen and oxygen atoms in total. The molecule has 0 atom stereocenters. The summed E-state index contributed by atoms with van der Waals surface area (Å²) in [5.74, 6) is -0.195. The van der Waals surface area contributed by atoms with Gasteiger partial charge in [0, 0.05) is 19.2 Å². The van der Waals surface area contributed by atoms with Crippen molar-refractivity contribution in [2.45, 2.75) is 13.8 Å². The van der Waals surface area contributed by atoms with Gasteiger partial charge in [0.25, 0.3) is 5.91 Å². The highest BCUT2D eigenvalue weighted by Gasteiger charge is 2.24. The molecule has 1 aromatic heterocycles. The zero-order chi connectivity index (χ0) is 20.1. The average Bonchev–Trinajstić information content (AvgIpc) is 3.14. The Labute approximate surface area is 180 Å². The number of thiazole rings is 1. The summed E-state index contributed by atoms with van der Waals surface area (Å²) in [6, 6.07) is 11.7. The van der Waals surface area contributed by atoms with Gasteiger partial charge in [-0.25, -0.2) is 9.37 Å². The molecule has 0 radical (unpaired) electrons. The van der Waals surface area contributed by atoms with Crippen molar-refractivity contribution in [3.63, 3.8) is 0 Å². The maximum atomic E-state index is 14.3. The SMILES string of the molecule is CCN(CC)CCN(C(=O)c1ccccc1F)c1nc2cc(OC)ccc2s1.Cl. The number of fused-ring (bicyclic) bond motifs is 1. The molecular formula is C21H25ClFN3O2S. The number of carbonyl (C=O) groups is 1. The molecule has 0 aliphatic heterocycles. The number of ether oxygens (including phenoxy) is 1.